The Balaban J connectivity index is 2.10. The van der Waals surface area contributed by atoms with Crippen molar-refractivity contribution in [3.05, 3.63) is 35.5 Å². The van der Waals surface area contributed by atoms with Crippen molar-refractivity contribution < 1.29 is 4.74 Å². The molecule has 2 aliphatic rings. The fourth-order valence-electron chi connectivity index (χ4n) is 3.20. The van der Waals surface area contributed by atoms with Gasteiger partial charge >= 0.3 is 0 Å². The maximum Gasteiger partial charge on any atom is 0.0926 e. The zero-order valence-corrected chi connectivity index (χ0v) is 14.5. The summed E-state index contributed by atoms with van der Waals surface area (Å²) in [6.45, 7) is 11.4. The molecule has 118 valence electrons. The lowest BCUT2D eigenvalue weighted by molar-refractivity contribution is 0.297. The van der Waals surface area contributed by atoms with Gasteiger partial charge in [-0.2, -0.15) is 0 Å². The van der Waals surface area contributed by atoms with E-state index in [0.717, 1.165) is 19.3 Å². The summed E-state index contributed by atoms with van der Waals surface area (Å²) in [4.78, 5) is 0. The van der Waals surface area contributed by atoms with Crippen LogP contribution in [0.2, 0.25) is 0 Å². The van der Waals surface area contributed by atoms with E-state index in [4.69, 9.17) is 4.74 Å². The Morgan fingerprint density at radius 3 is 2.71 bits per heavy atom. The lowest BCUT2D eigenvalue weighted by atomic mass is 9.88. The van der Waals surface area contributed by atoms with Gasteiger partial charge in [0.2, 0.25) is 0 Å². The highest BCUT2D eigenvalue weighted by atomic mass is 16.6. The standard InChI is InChI=1S/C20H32O/c1-15(2)18-11-8-16(3)7-6-14-20(5)19(21-20)13-10-17(4)9-12-18/h7,9-10,12,15,18-19H,6,8,11,13-14H2,1-5H3/b12-9+,16-7+,17-10-/t18-,19+,20+/m1/s1. The third kappa shape index (κ3) is 4.85. The number of allylic oxidation sites excluding steroid dienone is 5. The van der Waals surface area contributed by atoms with Crippen LogP contribution in [0, 0.1) is 11.8 Å². The highest BCUT2D eigenvalue weighted by Crippen LogP contribution is 2.43. The maximum atomic E-state index is 5.93. The summed E-state index contributed by atoms with van der Waals surface area (Å²) in [5.74, 6) is 1.40. The Hall–Kier alpha value is -0.820. The summed E-state index contributed by atoms with van der Waals surface area (Å²) in [7, 11) is 0. The predicted molar refractivity (Wildman–Crippen MR) is 91.3 cm³/mol. The van der Waals surface area contributed by atoms with E-state index in [2.05, 4.69) is 58.9 Å². The molecular formula is C20H32O. The summed E-state index contributed by atoms with van der Waals surface area (Å²) in [6.07, 6.45) is 15.8. The molecule has 21 heavy (non-hydrogen) atoms. The highest BCUT2D eigenvalue weighted by Gasteiger charge is 2.50. The van der Waals surface area contributed by atoms with Gasteiger partial charge in [0.15, 0.2) is 0 Å². The van der Waals surface area contributed by atoms with Gasteiger partial charge < -0.3 is 4.74 Å². The molecule has 0 unspecified atom stereocenters. The van der Waals surface area contributed by atoms with Crippen molar-refractivity contribution in [2.75, 3.05) is 0 Å². The van der Waals surface area contributed by atoms with E-state index in [1.54, 1.807) is 5.57 Å². The summed E-state index contributed by atoms with van der Waals surface area (Å²) in [5, 5.41) is 0. The smallest absolute Gasteiger partial charge is 0.0926 e. The fourth-order valence-corrected chi connectivity index (χ4v) is 3.20. The summed E-state index contributed by atoms with van der Waals surface area (Å²) < 4.78 is 5.93. The quantitative estimate of drug-likeness (QED) is 0.437. The zero-order valence-electron chi connectivity index (χ0n) is 14.5. The molecule has 3 atom stereocenters. The number of rotatable bonds is 1. The number of hydrogen-bond acceptors (Lipinski definition) is 1. The van der Waals surface area contributed by atoms with Crippen LogP contribution in [0.15, 0.2) is 35.5 Å². The molecule has 1 saturated heterocycles. The van der Waals surface area contributed by atoms with Crippen molar-refractivity contribution in [1.82, 2.24) is 0 Å². The van der Waals surface area contributed by atoms with E-state index >= 15 is 0 Å². The van der Waals surface area contributed by atoms with Gasteiger partial charge in [-0.15, -0.1) is 0 Å². The zero-order chi connectivity index (χ0) is 15.5. The van der Waals surface area contributed by atoms with Gasteiger partial charge in [0.05, 0.1) is 11.7 Å². The molecule has 0 aromatic rings. The molecule has 1 heterocycles. The Kier molecular flexibility index (Phi) is 5.48. The van der Waals surface area contributed by atoms with Crippen LogP contribution in [0.3, 0.4) is 0 Å². The summed E-state index contributed by atoms with van der Waals surface area (Å²) in [6, 6.07) is 0. The van der Waals surface area contributed by atoms with Crippen LogP contribution in [-0.2, 0) is 4.74 Å². The molecule has 0 spiro atoms. The summed E-state index contributed by atoms with van der Waals surface area (Å²) >= 11 is 0. The first-order valence-corrected chi connectivity index (χ1v) is 8.59. The molecule has 1 fully saturated rings. The Morgan fingerprint density at radius 1 is 1.24 bits per heavy atom. The van der Waals surface area contributed by atoms with Crippen LogP contribution in [0.5, 0.6) is 0 Å². The van der Waals surface area contributed by atoms with Crippen LogP contribution in [0.4, 0.5) is 0 Å². The second kappa shape index (κ2) is 6.96. The third-order valence-electron chi connectivity index (χ3n) is 5.16. The van der Waals surface area contributed by atoms with Crippen LogP contribution >= 0.6 is 0 Å². The Bertz CT molecular complexity index is 441. The molecule has 2 rings (SSSR count). The SMILES string of the molecule is CC1=C/C[C@@H]2O[C@@]2(C)CC/C=C(\C)CC[C@@H](C(C)C)\C=C\1. The molecular weight excluding hydrogens is 256 g/mol. The molecule has 0 aromatic heterocycles. The van der Waals surface area contributed by atoms with Gasteiger partial charge in [-0.25, -0.2) is 0 Å². The van der Waals surface area contributed by atoms with Gasteiger partial charge in [0.1, 0.15) is 0 Å². The number of ether oxygens (including phenoxy) is 1. The first-order valence-electron chi connectivity index (χ1n) is 8.59. The van der Waals surface area contributed by atoms with Crippen LogP contribution in [0.25, 0.3) is 0 Å². The Labute approximate surface area is 131 Å². The van der Waals surface area contributed by atoms with Crippen molar-refractivity contribution in [3.63, 3.8) is 0 Å². The van der Waals surface area contributed by atoms with E-state index in [9.17, 15) is 0 Å². The van der Waals surface area contributed by atoms with E-state index < -0.39 is 0 Å². The van der Waals surface area contributed by atoms with Crippen LogP contribution in [0.1, 0.15) is 66.7 Å². The molecule has 1 heteroatoms. The average Bonchev–Trinajstić information content (AvgIpc) is 3.06. The fraction of sp³-hybridized carbons (Fsp3) is 0.700. The van der Waals surface area contributed by atoms with Crippen LogP contribution < -0.4 is 0 Å². The molecule has 1 nitrogen and oxygen atoms in total. The van der Waals surface area contributed by atoms with Crippen molar-refractivity contribution in [1.29, 1.82) is 0 Å². The van der Waals surface area contributed by atoms with Crippen LogP contribution in [-0.4, -0.2) is 11.7 Å². The first kappa shape index (κ1) is 16.5. The monoisotopic (exact) mass is 288 g/mol. The van der Waals surface area contributed by atoms with Crippen molar-refractivity contribution in [3.8, 4) is 0 Å². The predicted octanol–water partition coefficient (Wildman–Crippen LogP) is 5.83. The number of hydrogen-bond donors (Lipinski definition) is 0. The maximum absolute atomic E-state index is 5.93. The van der Waals surface area contributed by atoms with E-state index in [1.807, 2.05) is 0 Å². The van der Waals surface area contributed by atoms with Gasteiger partial charge in [-0.1, -0.05) is 49.3 Å². The van der Waals surface area contributed by atoms with Gasteiger partial charge in [0.25, 0.3) is 0 Å². The van der Waals surface area contributed by atoms with E-state index in [-0.39, 0.29) is 5.60 Å². The molecule has 0 aromatic carbocycles. The first-order chi connectivity index (χ1) is 9.90. The number of epoxide rings is 1. The molecule has 1 aliphatic carbocycles. The third-order valence-corrected chi connectivity index (χ3v) is 5.16. The van der Waals surface area contributed by atoms with Crippen molar-refractivity contribution >= 4 is 0 Å². The largest absolute Gasteiger partial charge is 0.366 e. The lowest BCUT2D eigenvalue weighted by Gasteiger charge is -2.17. The minimum Gasteiger partial charge on any atom is -0.366 e. The molecule has 0 N–H and O–H groups in total. The van der Waals surface area contributed by atoms with Crippen molar-refractivity contribution in [2.24, 2.45) is 11.8 Å². The van der Waals surface area contributed by atoms with Gasteiger partial charge in [0, 0.05) is 0 Å². The van der Waals surface area contributed by atoms with E-state index in [1.165, 1.54) is 18.4 Å². The second-order valence-corrected chi connectivity index (χ2v) is 7.50. The summed E-state index contributed by atoms with van der Waals surface area (Å²) in [5.41, 5.74) is 3.05. The minimum absolute atomic E-state index is 0.127. The molecule has 0 radical (unpaired) electrons. The Morgan fingerprint density at radius 2 is 2.00 bits per heavy atom. The molecule has 1 aliphatic heterocycles. The van der Waals surface area contributed by atoms with Gasteiger partial charge in [-0.05, 0) is 64.7 Å². The highest BCUT2D eigenvalue weighted by molar-refractivity contribution is 5.19. The normalized spacial score (nSPS) is 41.2. The molecule has 0 saturated carbocycles. The van der Waals surface area contributed by atoms with Gasteiger partial charge in [-0.3, -0.25) is 0 Å². The second-order valence-electron chi connectivity index (χ2n) is 7.50. The average molecular weight is 288 g/mol. The lowest BCUT2D eigenvalue weighted by Crippen LogP contribution is -2.09. The van der Waals surface area contributed by atoms with Crippen molar-refractivity contribution in [2.45, 2.75) is 78.4 Å². The minimum atomic E-state index is 0.127. The van der Waals surface area contributed by atoms with E-state index in [0.29, 0.717) is 17.9 Å². The topological polar surface area (TPSA) is 12.5 Å². The number of fused-ring (bicyclic) bond motifs is 1. The molecule has 0 bridgehead atoms. The molecule has 0 amide bonds.